The number of carbonyl (C=O) groups excluding carboxylic acids is 1. The first-order valence-corrected chi connectivity index (χ1v) is 6.00. The molecule has 1 atom stereocenters. The molecule has 0 saturated carbocycles. The lowest BCUT2D eigenvalue weighted by Crippen LogP contribution is -2.40. The second kappa shape index (κ2) is 5.27. The Bertz CT molecular complexity index is 377. The number of rotatable bonds is 4. The van der Waals surface area contributed by atoms with E-state index >= 15 is 0 Å². The molecule has 0 aromatic carbocycles. The van der Waals surface area contributed by atoms with Crippen LogP contribution in [0.4, 0.5) is 0 Å². The van der Waals surface area contributed by atoms with Crippen LogP contribution in [0.25, 0.3) is 0 Å². The zero-order valence-corrected chi connectivity index (χ0v) is 10.4. The second-order valence-electron chi connectivity index (χ2n) is 2.87. The van der Waals surface area contributed by atoms with Gasteiger partial charge in [0.2, 0.25) is 0 Å². The molecule has 82 valence electrons. The molecular weight excluding hydrogens is 282 g/mol. The number of aliphatic carboxylic acids is 1. The average molecular weight is 292 g/mol. The molecule has 0 aliphatic carbocycles. The Hall–Kier alpha value is -0.880. The van der Waals surface area contributed by atoms with E-state index in [0.29, 0.717) is 15.8 Å². The van der Waals surface area contributed by atoms with Gasteiger partial charge in [0.1, 0.15) is 10.9 Å². The zero-order valence-electron chi connectivity index (χ0n) is 7.99. The normalized spacial score (nSPS) is 12.1. The first-order valence-electron chi connectivity index (χ1n) is 4.33. The van der Waals surface area contributed by atoms with E-state index in [4.69, 9.17) is 5.11 Å². The van der Waals surface area contributed by atoms with Crippen LogP contribution in [0, 0.1) is 0 Å². The van der Waals surface area contributed by atoms with Crippen molar-refractivity contribution in [2.24, 2.45) is 0 Å². The quantitative estimate of drug-likeness (QED) is 0.893. The predicted molar refractivity (Wildman–Crippen MR) is 61.2 cm³/mol. The molecule has 1 amide bonds. The summed E-state index contributed by atoms with van der Waals surface area (Å²) in [6, 6.07) is 0.924. The molecule has 0 unspecified atom stereocenters. The van der Waals surface area contributed by atoms with Crippen molar-refractivity contribution in [3.05, 3.63) is 20.8 Å². The summed E-state index contributed by atoms with van der Waals surface area (Å²) in [5, 5.41) is 13.0. The fourth-order valence-electron chi connectivity index (χ4n) is 1.02. The van der Waals surface area contributed by atoms with Crippen molar-refractivity contribution >= 4 is 39.1 Å². The third-order valence-corrected chi connectivity index (χ3v) is 3.67. The molecular formula is C9H10BrNO3S. The number of carboxylic acid groups (broad SMARTS) is 1. The predicted octanol–water partition coefficient (Wildman–Crippen LogP) is 2.10. The first-order chi connectivity index (χ1) is 7.06. The molecule has 0 spiro atoms. The molecule has 0 saturated heterocycles. The van der Waals surface area contributed by atoms with E-state index in [1.807, 2.05) is 0 Å². The van der Waals surface area contributed by atoms with Crippen molar-refractivity contribution in [1.29, 1.82) is 0 Å². The van der Waals surface area contributed by atoms with Gasteiger partial charge >= 0.3 is 5.97 Å². The maximum absolute atomic E-state index is 11.6. The van der Waals surface area contributed by atoms with Crippen molar-refractivity contribution in [1.82, 2.24) is 5.32 Å². The van der Waals surface area contributed by atoms with Crippen LogP contribution in [-0.4, -0.2) is 23.0 Å². The van der Waals surface area contributed by atoms with Crippen molar-refractivity contribution in [3.8, 4) is 0 Å². The Morgan fingerprint density at radius 2 is 2.33 bits per heavy atom. The zero-order chi connectivity index (χ0) is 11.4. The van der Waals surface area contributed by atoms with Crippen LogP contribution in [0.2, 0.25) is 0 Å². The highest BCUT2D eigenvalue weighted by Crippen LogP contribution is 2.22. The summed E-state index contributed by atoms with van der Waals surface area (Å²) in [4.78, 5) is 22.8. The summed E-state index contributed by atoms with van der Waals surface area (Å²) in [5.41, 5.74) is 0. The molecule has 1 heterocycles. The molecule has 0 aliphatic rings. The van der Waals surface area contributed by atoms with Crippen molar-refractivity contribution < 1.29 is 14.7 Å². The number of nitrogens with one attached hydrogen (secondary N) is 1. The lowest BCUT2D eigenvalue weighted by molar-refractivity contribution is -0.139. The van der Waals surface area contributed by atoms with Gasteiger partial charge in [0.25, 0.3) is 5.91 Å². The van der Waals surface area contributed by atoms with Gasteiger partial charge in [-0.1, -0.05) is 6.92 Å². The Morgan fingerprint density at radius 3 is 2.73 bits per heavy atom. The highest BCUT2D eigenvalue weighted by Gasteiger charge is 2.20. The molecule has 0 radical (unpaired) electrons. The number of hydrogen-bond acceptors (Lipinski definition) is 3. The van der Waals surface area contributed by atoms with Crippen LogP contribution in [0.5, 0.6) is 0 Å². The summed E-state index contributed by atoms with van der Waals surface area (Å²) in [6.45, 7) is 1.71. The van der Waals surface area contributed by atoms with Crippen molar-refractivity contribution in [2.45, 2.75) is 19.4 Å². The van der Waals surface area contributed by atoms with Crippen LogP contribution in [0.1, 0.15) is 23.0 Å². The van der Waals surface area contributed by atoms with E-state index in [1.54, 1.807) is 18.4 Å². The highest BCUT2D eigenvalue weighted by molar-refractivity contribution is 9.10. The third kappa shape index (κ3) is 3.04. The lowest BCUT2D eigenvalue weighted by atomic mass is 10.2. The van der Waals surface area contributed by atoms with Gasteiger partial charge in [-0.2, -0.15) is 0 Å². The van der Waals surface area contributed by atoms with E-state index in [0.717, 1.165) is 0 Å². The van der Waals surface area contributed by atoms with Gasteiger partial charge in [-0.05, 0) is 33.8 Å². The summed E-state index contributed by atoms with van der Waals surface area (Å²) >= 11 is 4.49. The fraction of sp³-hybridized carbons (Fsp3) is 0.333. The van der Waals surface area contributed by atoms with Crippen LogP contribution < -0.4 is 5.32 Å². The molecule has 1 rings (SSSR count). The number of thiophene rings is 1. The van der Waals surface area contributed by atoms with Crippen molar-refractivity contribution in [3.63, 3.8) is 0 Å². The molecule has 0 aliphatic heterocycles. The van der Waals surface area contributed by atoms with Gasteiger partial charge in [0.05, 0.1) is 0 Å². The number of halogens is 1. The van der Waals surface area contributed by atoms with Crippen molar-refractivity contribution in [2.75, 3.05) is 0 Å². The fourth-order valence-corrected chi connectivity index (χ4v) is 2.47. The van der Waals surface area contributed by atoms with E-state index in [2.05, 4.69) is 21.2 Å². The minimum absolute atomic E-state index is 0.355. The molecule has 6 heteroatoms. The summed E-state index contributed by atoms with van der Waals surface area (Å²) in [7, 11) is 0. The molecule has 2 N–H and O–H groups in total. The number of amides is 1. The molecule has 15 heavy (non-hydrogen) atoms. The Labute approximate surface area is 99.4 Å². The average Bonchev–Trinajstić information content (AvgIpc) is 2.60. The Kier molecular flexibility index (Phi) is 4.28. The minimum Gasteiger partial charge on any atom is -0.480 e. The molecule has 1 aromatic heterocycles. The Balaban J connectivity index is 2.71. The highest BCUT2D eigenvalue weighted by atomic mass is 79.9. The number of carbonyl (C=O) groups is 2. The largest absolute Gasteiger partial charge is 0.480 e. The standard InChI is InChI=1S/C9H10BrNO3S/c1-2-6(9(13)14)11-8(12)7-5(10)3-4-15-7/h3-4,6H,2H2,1H3,(H,11,12)(H,13,14)/t6-/m0/s1. The van der Waals surface area contributed by atoms with Gasteiger partial charge in [0.15, 0.2) is 0 Å². The maximum Gasteiger partial charge on any atom is 0.326 e. The van der Waals surface area contributed by atoms with E-state index in [1.165, 1.54) is 11.3 Å². The van der Waals surface area contributed by atoms with Crippen LogP contribution in [0.15, 0.2) is 15.9 Å². The second-order valence-corrected chi connectivity index (χ2v) is 4.64. The van der Waals surface area contributed by atoms with E-state index < -0.39 is 12.0 Å². The maximum atomic E-state index is 11.6. The summed E-state index contributed by atoms with van der Waals surface area (Å²) < 4.78 is 0.685. The monoisotopic (exact) mass is 291 g/mol. The third-order valence-electron chi connectivity index (χ3n) is 1.84. The number of carboxylic acids is 1. The van der Waals surface area contributed by atoms with Crippen LogP contribution >= 0.6 is 27.3 Å². The lowest BCUT2D eigenvalue weighted by Gasteiger charge is -2.11. The molecule has 0 bridgehead atoms. The summed E-state index contributed by atoms with van der Waals surface area (Å²) in [6.07, 6.45) is 0.365. The minimum atomic E-state index is -1.02. The Morgan fingerprint density at radius 1 is 1.67 bits per heavy atom. The van der Waals surface area contributed by atoms with Gasteiger partial charge in [-0.15, -0.1) is 11.3 Å². The molecule has 4 nitrogen and oxygen atoms in total. The summed E-state index contributed by atoms with van der Waals surface area (Å²) in [5.74, 6) is -1.37. The van der Waals surface area contributed by atoms with Crippen LogP contribution in [0.3, 0.4) is 0 Å². The first kappa shape index (κ1) is 12.2. The van der Waals surface area contributed by atoms with Gasteiger partial charge in [-0.25, -0.2) is 4.79 Å². The topological polar surface area (TPSA) is 66.4 Å². The van der Waals surface area contributed by atoms with Gasteiger partial charge < -0.3 is 10.4 Å². The van der Waals surface area contributed by atoms with E-state index in [-0.39, 0.29) is 5.91 Å². The SMILES string of the molecule is CC[C@H](NC(=O)c1sccc1Br)C(=O)O. The molecule has 0 fully saturated rings. The number of hydrogen-bond donors (Lipinski definition) is 2. The molecule has 1 aromatic rings. The van der Waals surface area contributed by atoms with Crippen LogP contribution in [-0.2, 0) is 4.79 Å². The van der Waals surface area contributed by atoms with Gasteiger partial charge in [-0.3, -0.25) is 4.79 Å². The van der Waals surface area contributed by atoms with E-state index in [9.17, 15) is 9.59 Å². The smallest absolute Gasteiger partial charge is 0.326 e. The van der Waals surface area contributed by atoms with Gasteiger partial charge in [0, 0.05) is 4.47 Å².